The lowest BCUT2D eigenvalue weighted by Gasteiger charge is -2.05. The van der Waals surface area contributed by atoms with Gasteiger partial charge in [-0.2, -0.15) is 15.5 Å². The highest BCUT2D eigenvalue weighted by atomic mass is 15.3. The fourth-order valence-electron chi connectivity index (χ4n) is 3.53. The van der Waals surface area contributed by atoms with Crippen molar-refractivity contribution in [1.29, 1.82) is 5.26 Å². The van der Waals surface area contributed by atoms with E-state index in [1.807, 2.05) is 28.9 Å². The predicted octanol–water partition coefficient (Wildman–Crippen LogP) is 3.16. The molecule has 0 radical (unpaired) electrons. The summed E-state index contributed by atoms with van der Waals surface area (Å²) >= 11 is 0. The minimum atomic E-state index is 0.655. The Morgan fingerprint density at radius 1 is 1.15 bits per heavy atom. The van der Waals surface area contributed by atoms with Gasteiger partial charge in [-0.15, -0.1) is 0 Å². The Morgan fingerprint density at radius 2 is 2.04 bits per heavy atom. The fourth-order valence-corrected chi connectivity index (χ4v) is 3.53. The molecular formula is C20H14N6. The Balaban J connectivity index is 1.49. The minimum Gasteiger partial charge on any atom is -0.277 e. The van der Waals surface area contributed by atoms with Gasteiger partial charge in [-0.1, -0.05) is 30.3 Å². The van der Waals surface area contributed by atoms with E-state index in [2.05, 4.69) is 44.5 Å². The van der Waals surface area contributed by atoms with Gasteiger partial charge >= 0.3 is 0 Å². The molecular weight excluding hydrogens is 324 g/mol. The number of rotatable bonds is 3. The smallest absolute Gasteiger partial charge is 0.137 e. The molecule has 2 aromatic carbocycles. The molecule has 2 aromatic heterocycles. The third kappa shape index (κ3) is 2.30. The van der Waals surface area contributed by atoms with E-state index in [1.165, 1.54) is 22.3 Å². The number of aromatic nitrogens is 5. The van der Waals surface area contributed by atoms with Crippen LogP contribution in [0.25, 0.3) is 22.5 Å². The molecule has 5 rings (SSSR count). The summed E-state index contributed by atoms with van der Waals surface area (Å²) in [6.07, 6.45) is 4.12. The summed E-state index contributed by atoms with van der Waals surface area (Å²) in [4.78, 5) is 3.99. The zero-order valence-electron chi connectivity index (χ0n) is 13.8. The highest BCUT2D eigenvalue weighted by Gasteiger charge is 2.25. The highest BCUT2D eigenvalue weighted by molar-refractivity contribution is 5.81. The number of fused-ring (bicyclic) bond motifs is 3. The van der Waals surface area contributed by atoms with Gasteiger partial charge in [-0.05, 0) is 23.3 Å². The zero-order valence-corrected chi connectivity index (χ0v) is 13.8. The number of benzene rings is 2. The number of hydrogen-bond acceptors (Lipinski definition) is 4. The summed E-state index contributed by atoms with van der Waals surface area (Å²) in [5.74, 6) is 0. The SMILES string of the molecule is N#Cc1ccc(-c2n[nH]c3c2Cc2cc(Cn4cncn4)ccc2-3)cc1. The number of aromatic amines is 1. The van der Waals surface area contributed by atoms with Crippen LogP contribution in [-0.2, 0) is 13.0 Å². The largest absolute Gasteiger partial charge is 0.277 e. The van der Waals surface area contributed by atoms with Crippen LogP contribution in [0.3, 0.4) is 0 Å². The van der Waals surface area contributed by atoms with Crippen molar-refractivity contribution in [2.45, 2.75) is 13.0 Å². The van der Waals surface area contributed by atoms with Gasteiger partial charge in [-0.25, -0.2) is 9.67 Å². The van der Waals surface area contributed by atoms with Crippen LogP contribution in [0, 0.1) is 11.3 Å². The van der Waals surface area contributed by atoms with Crippen molar-refractivity contribution in [2.75, 3.05) is 0 Å². The molecule has 0 saturated carbocycles. The molecule has 0 spiro atoms. The summed E-state index contributed by atoms with van der Waals surface area (Å²) in [6.45, 7) is 0.710. The van der Waals surface area contributed by atoms with E-state index in [4.69, 9.17) is 5.26 Å². The van der Waals surface area contributed by atoms with Crippen LogP contribution < -0.4 is 0 Å². The fraction of sp³-hybridized carbons (Fsp3) is 0.100. The summed E-state index contributed by atoms with van der Waals surface area (Å²) in [7, 11) is 0. The van der Waals surface area contributed by atoms with E-state index in [1.54, 1.807) is 12.7 Å². The normalized spacial score (nSPS) is 11.8. The van der Waals surface area contributed by atoms with Crippen LogP contribution in [0.1, 0.15) is 22.3 Å². The number of hydrogen-bond donors (Lipinski definition) is 1. The van der Waals surface area contributed by atoms with Crippen LogP contribution in [-0.4, -0.2) is 25.0 Å². The van der Waals surface area contributed by atoms with Gasteiger partial charge in [0.05, 0.1) is 29.6 Å². The molecule has 1 aliphatic carbocycles. The van der Waals surface area contributed by atoms with Crippen LogP contribution in [0.4, 0.5) is 0 Å². The second-order valence-corrected chi connectivity index (χ2v) is 6.38. The first-order chi connectivity index (χ1) is 12.8. The standard InChI is InChI=1S/C20H14N6/c21-9-13-1-4-15(5-2-13)19-18-8-16-7-14(10-26-12-22-11-23-26)3-6-17(16)20(18)25-24-19/h1-7,11-12H,8,10H2,(H,24,25). The van der Waals surface area contributed by atoms with Crippen molar-refractivity contribution < 1.29 is 0 Å². The molecule has 0 amide bonds. The number of nitrogens with one attached hydrogen (secondary N) is 1. The predicted molar refractivity (Wildman–Crippen MR) is 96.1 cm³/mol. The quantitative estimate of drug-likeness (QED) is 0.548. The third-order valence-corrected chi connectivity index (χ3v) is 4.77. The van der Waals surface area contributed by atoms with Crippen LogP contribution >= 0.6 is 0 Å². The first-order valence-electron chi connectivity index (χ1n) is 8.34. The molecule has 26 heavy (non-hydrogen) atoms. The van der Waals surface area contributed by atoms with Crippen molar-refractivity contribution in [1.82, 2.24) is 25.0 Å². The van der Waals surface area contributed by atoms with Crippen molar-refractivity contribution in [2.24, 2.45) is 0 Å². The van der Waals surface area contributed by atoms with Crippen molar-refractivity contribution in [3.63, 3.8) is 0 Å². The second kappa shape index (κ2) is 5.67. The molecule has 6 nitrogen and oxygen atoms in total. The highest BCUT2D eigenvalue weighted by Crippen LogP contribution is 2.40. The molecule has 0 unspecified atom stereocenters. The van der Waals surface area contributed by atoms with E-state index >= 15 is 0 Å². The van der Waals surface area contributed by atoms with E-state index in [9.17, 15) is 0 Å². The van der Waals surface area contributed by atoms with E-state index < -0.39 is 0 Å². The molecule has 4 aromatic rings. The van der Waals surface area contributed by atoms with Gasteiger partial charge in [0.1, 0.15) is 12.7 Å². The van der Waals surface area contributed by atoms with E-state index in [-0.39, 0.29) is 0 Å². The molecule has 0 atom stereocenters. The lowest BCUT2D eigenvalue weighted by Crippen LogP contribution is -2.00. The van der Waals surface area contributed by atoms with Gasteiger partial charge in [-0.3, -0.25) is 5.10 Å². The molecule has 1 aliphatic rings. The Bertz CT molecular complexity index is 1130. The minimum absolute atomic E-state index is 0.655. The van der Waals surface area contributed by atoms with E-state index in [0.29, 0.717) is 12.1 Å². The Kier molecular flexibility index (Phi) is 3.19. The summed E-state index contributed by atoms with van der Waals surface area (Å²) in [6, 6.07) is 16.2. The first-order valence-corrected chi connectivity index (χ1v) is 8.34. The maximum atomic E-state index is 8.97. The number of nitriles is 1. The lowest BCUT2D eigenvalue weighted by molar-refractivity contribution is 0.684. The summed E-state index contributed by atoms with van der Waals surface area (Å²) in [5.41, 5.74) is 8.63. The van der Waals surface area contributed by atoms with E-state index in [0.717, 1.165) is 23.4 Å². The summed E-state index contributed by atoms with van der Waals surface area (Å²) in [5, 5.41) is 20.8. The monoisotopic (exact) mass is 338 g/mol. The molecule has 124 valence electrons. The molecule has 2 heterocycles. The zero-order chi connectivity index (χ0) is 17.5. The van der Waals surface area contributed by atoms with Crippen molar-refractivity contribution in [3.05, 3.63) is 77.4 Å². The average molecular weight is 338 g/mol. The average Bonchev–Trinajstić information content (AvgIpc) is 3.38. The van der Waals surface area contributed by atoms with Crippen LogP contribution in [0.15, 0.2) is 55.1 Å². The molecule has 1 N–H and O–H groups in total. The van der Waals surface area contributed by atoms with Gasteiger partial charge < -0.3 is 0 Å². The first kappa shape index (κ1) is 14.6. The second-order valence-electron chi connectivity index (χ2n) is 6.38. The molecule has 0 saturated heterocycles. The van der Waals surface area contributed by atoms with Gasteiger partial charge in [0.2, 0.25) is 0 Å². The van der Waals surface area contributed by atoms with Crippen LogP contribution in [0.2, 0.25) is 0 Å². The van der Waals surface area contributed by atoms with Crippen LogP contribution in [0.5, 0.6) is 0 Å². The summed E-state index contributed by atoms with van der Waals surface area (Å²) < 4.78 is 1.82. The molecule has 6 heteroatoms. The third-order valence-electron chi connectivity index (χ3n) is 4.77. The molecule has 0 aliphatic heterocycles. The topological polar surface area (TPSA) is 83.2 Å². The van der Waals surface area contributed by atoms with Gasteiger partial charge in [0, 0.05) is 23.1 Å². The Morgan fingerprint density at radius 3 is 2.81 bits per heavy atom. The number of H-pyrrole nitrogens is 1. The van der Waals surface area contributed by atoms with Crippen molar-refractivity contribution >= 4 is 0 Å². The van der Waals surface area contributed by atoms with Gasteiger partial charge in [0.15, 0.2) is 0 Å². The van der Waals surface area contributed by atoms with Gasteiger partial charge in [0.25, 0.3) is 0 Å². The number of nitrogens with zero attached hydrogens (tertiary/aromatic N) is 5. The maximum absolute atomic E-state index is 8.97. The maximum Gasteiger partial charge on any atom is 0.137 e. The molecule has 0 fully saturated rings. The molecule has 0 bridgehead atoms. The Labute approximate surface area is 149 Å². The lowest BCUT2D eigenvalue weighted by atomic mass is 10.0. The van der Waals surface area contributed by atoms with Crippen molar-refractivity contribution in [3.8, 4) is 28.6 Å². The Hall–Kier alpha value is -3.72.